The summed E-state index contributed by atoms with van der Waals surface area (Å²) < 4.78 is 0. The van der Waals surface area contributed by atoms with Gasteiger partial charge in [-0.05, 0) is 25.3 Å². The molecule has 2 aromatic carbocycles. The molecule has 1 atom stereocenters. The molecular weight excluding hydrogens is 386 g/mol. The van der Waals surface area contributed by atoms with Crippen molar-refractivity contribution in [2.45, 2.75) is 33.2 Å². The maximum Gasteiger partial charge on any atom is 0.223 e. The molecule has 6 heteroatoms. The van der Waals surface area contributed by atoms with Gasteiger partial charge in [0.05, 0.1) is 5.88 Å². The number of nitrogens with one attached hydrogen (secondary N) is 1. The molecule has 0 heterocycles. The number of amidine groups is 1. The van der Waals surface area contributed by atoms with Crippen molar-refractivity contribution in [2.24, 2.45) is 16.6 Å². The van der Waals surface area contributed by atoms with E-state index in [1.165, 1.54) is 0 Å². The Balaban J connectivity index is 0.000000387. The molecule has 2 rings (SSSR count). The van der Waals surface area contributed by atoms with Crippen molar-refractivity contribution in [1.29, 1.82) is 0 Å². The van der Waals surface area contributed by atoms with Crippen LogP contribution in [0.25, 0.3) is 0 Å². The molecule has 0 aliphatic carbocycles. The summed E-state index contributed by atoms with van der Waals surface area (Å²) in [6.07, 6.45) is 1.62. The second kappa shape index (κ2) is 14.4. The molecule has 0 bridgehead atoms. The van der Waals surface area contributed by atoms with E-state index >= 15 is 0 Å². The molecule has 0 aromatic heterocycles. The van der Waals surface area contributed by atoms with Crippen molar-refractivity contribution >= 4 is 29.1 Å². The molecule has 1 unspecified atom stereocenters. The molecule has 156 valence electrons. The van der Waals surface area contributed by atoms with E-state index in [9.17, 15) is 9.59 Å². The van der Waals surface area contributed by atoms with Crippen LogP contribution in [0.1, 0.15) is 42.6 Å². The van der Waals surface area contributed by atoms with Crippen molar-refractivity contribution < 1.29 is 9.59 Å². The highest BCUT2D eigenvalue weighted by Crippen LogP contribution is 2.07. The highest BCUT2D eigenvalue weighted by Gasteiger charge is 2.11. The lowest BCUT2D eigenvalue weighted by atomic mass is 10.0. The van der Waals surface area contributed by atoms with E-state index in [2.05, 4.69) is 10.3 Å². The van der Waals surface area contributed by atoms with E-state index in [0.29, 0.717) is 18.9 Å². The largest absolute Gasteiger partial charge is 0.386 e. The number of benzene rings is 2. The van der Waals surface area contributed by atoms with Gasteiger partial charge in [-0.25, -0.2) is 0 Å². The molecule has 0 saturated heterocycles. The standard InChI is InChI=1S/C15H22ClN3O.C8H8O/c1-12(6-5-9-18-14(17)10-16)15(20)19-11-13-7-3-2-4-8-13;1-7(9)8-5-3-2-4-6-8/h2-4,7-8,12H,5-6,9-11H2,1H3,(H2,17,18)(H,19,20);2-6H,1H3. The Morgan fingerprint density at radius 1 is 1.07 bits per heavy atom. The molecule has 0 saturated carbocycles. The van der Waals surface area contributed by atoms with Crippen LogP contribution in [-0.2, 0) is 11.3 Å². The summed E-state index contributed by atoms with van der Waals surface area (Å²) in [7, 11) is 0. The minimum atomic E-state index is -0.0221. The van der Waals surface area contributed by atoms with E-state index in [1.54, 1.807) is 6.92 Å². The van der Waals surface area contributed by atoms with Crippen LogP contribution in [0.5, 0.6) is 0 Å². The summed E-state index contributed by atoms with van der Waals surface area (Å²) in [6.45, 7) is 4.68. The van der Waals surface area contributed by atoms with Crippen LogP contribution in [0.4, 0.5) is 0 Å². The zero-order chi connectivity index (χ0) is 21.5. The smallest absolute Gasteiger partial charge is 0.223 e. The van der Waals surface area contributed by atoms with E-state index < -0.39 is 0 Å². The number of Topliss-reactive ketones (excluding diaryl/α,β-unsaturated/α-hetero) is 1. The average molecular weight is 416 g/mol. The van der Waals surface area contributed by atoms with E-state index in [0.717, 1.165) is 24.0 Å². The Hall–Kier alpha value is -2.66. The summed E-state index contributed by atoms with van der Waals surface area (Å²) in [5.74, 6) is 0.880. The Morgan fingerprint density at radius 3 is 2.17 bits per heavy atom. The van der Waals surface area contributed by atoms with Crippen molar-refractivity contribution in [1.82, 2.24) is 5.32 Å². The molecule has 0 spiro atoms. The van der Waals surface area contributed by atoms with Crippen LogP contribution in [0.2, 0.25) is 0 Å². The summed E-state index contributed by atoms with van der Waals surface area (Å²) in [5.41, 5.74) is 7.38. The topological polar surface area (TPSA) is 84.6 Å². The molecule has 29 heavy (non-hydrogen) atoms. The number of carbonyl (C=O) groups is 2. The molecule has 0 radical (unpaired) electrons. The highest BCUT2D eigenvalue weighted by atomic mass is 35.5. The Morgan fingerprint density at radius 2 is 1.66 bits per heavy atom. The first kappa shape index (κ1) is 24.4. The number of amides is 1. The summed E-state index contributed by atoms with van der Waals surface area (Å²) in [4.78, 5) is 26.7. The predicted octanol–water partition coefficient (Wildman–Crippen LogP) is 4.20. The SMILES string of the molecule is CC(=O)c1ccccc1.CC(CCCN=C(N)CCl)C(=O)NCc1ccccc1. The van der Waals surface area contributed by atoms with Gasteiger partial charge in [0, 0.05) is 24.6 Å². The van der Waals surface area contributed by atoms with Gasteiger partial charge in [0.2, 0.25) is 5.91 Å². The molecule has 5 nitrogen and oxygen atoms in total. The normalized spacial score (nSPS) is 11.8. The summed E-state index contributed by atoms with van der Waals surface area (Å²) >= 11 is 5.52. The molecule has 3 N–H and O–H groups in total. The third-order valence-corrected chi connectivity index (χ3v) is 4.46. The van der Waals surface area contributed by atoms with Crippen molar-refractivity contribution in [3.8, 4) is 0 Å². The number of hydrogen-bond acceptors (Lipinski definition) is 3. The molecule has 0 aliphatic heterocycles. The van der Waals surface area contributed by atoms with Gasteiger partial charge in [-0.15, -0.1) is 11.6 Å². The van der Waals surface area contributed by atoms with Crippen molar-refractivity contribution in [3.63, 3.8) is 0 Å². The molecule has 1 amide bonds. The zero-order valence-corrected chi connectivity index (χ0v) is 17.9. The molecular formula is C23H30ClN3O2. The summed E-state index contributed by atoms with van der Waals surface area (Å²) in [5, 5.41) is 2.94. The van der Waals surface area contributed by atoms with Gasteiger partial charge in [0.25, 0.3) is 0 Å². The number of aliphatic imine (C=N–C) groups is 1. The number of hydrogen-bond donors (Lipinski definition) is 2. The lowest BCUT2D eigenvalue weighted by molar-refractivity contribution is -0.124. The lowest BCUT2D eigenvalue weighted by Gasteiger charge is -2.11. The quantitative estimate of drug-likeness (QED) is 0.211. The van der Waals surface area contributed by atoms with E-state index in [4.69, 9.17) is 17.3 Å². The zero-order valence-electron chi connectivity index (χ0n) is 17.1. The van der Waals surface area contributed by atoms with Crippen LogP contribution in [0.15, 0.2) is 65.7 Å². The third kappa shape index (κ3) is 11.1. The van der Waals surface area contributed by atoms with Crippen LogP contribution in [0.3, 0.4) is 0 Å². The van der Waals surface area contributed by atoms with Gasteiger partial charge in [0.15, 0.2) is 5.78 Å². The van der Waals surface area contributed by atoms with Gasteiger partial charge in [-0.2, -0.15) is 0 Å². The van der Waals surface area contributed by atoms with Crippen molar-refractivity contribution in [3.05, 3.63) is 71.8 Å². The monoisotopic (exact) mass is 415 g/mol. The Labute approximate surface area is 178 Å². The van der Waals surface area contributed by atoms with Crippen LogP contribution >= 0.6 is 11.6 Å². The minimum Gasteiger partial charge on any atom is -0.386 e. The lowest BCUT2D eigenvalue weighted by Crippen LogP contribution is -2.28. The number of ketones is 1. The fraction of sp³-hybridized carbons (Fsp3) is 0.348. The average Bonchev–Trinajstić information content (AvgIpc) is 2.76. The Bertz CT molecular complexity index is 764. The van der Waals surface area contributed by atoms with Gasteiger partial charge < -0.3 is 11.1 Å². The predicted molar refractivity (Wildman–Crippen MR) is 120 cm³/mol. The van der Waals surface area contributed by atoms with Gasteiger partial charge in [-0.1, -0.05) is 67.6 Å². The van der Waals surface area contributed by atoms with Gasteiger partial charge in [-0.3, -0.25) is 14.6 Å². The second-order valence-corrected chi connectivity index (χ2v) is 6.94. The number of rotatable bonds is 9. The number of nitrogens with two attached hydrogens (primary N) is 1. The molecule has 0 fully saturated rings. The maximum absolute atomic E-state index is 11.9. The number of halogens is 1. The first-order valence-electron chi connectivity index (χ1n) is 9.66. The van der Waals surface area contributed by atoms with Crippen LogP contribution in [-0.4, -0.2) is 30.0 Å². The molecule has 2 aromatic rings. The fourth-order valence-electron chi connectivity index (χ4n) is 2.43. The minimum absolute atomic E-state index is 0.0221. The molecule has 0 aliphatic rings. The Kier molecular flexibility index (Phi) is 12.1. The number of carbonyl (C=O) groups excluding carboxylic acids is 2. The fourth-order valence-corrected chi connectivity index (χ4v) is 2.51. The number of nitrogens with zero attached hydrogens (tertiary/aromatic N) is 1. The third-order valence-electron chi connectivity index (χ3n) is 4.18. The van der Waals surface area contributed by atoms with Gasteiger partial charge in [0.1, 0.15) is 5.84 Å². The number of alkyl halides is 1. The first-order chi connectivity index (χ1) is 13.9. The van der Waals surface area contributed by atoms with Crippen molar-refractivity contribution in [2.75, 3.05) is 12.4 Å². The van der Waals surface area contributed by atoms with Gasteiger partial charge >= 0.3 is 0 Å². The summed E-state index contributed by atoms with van der Waals surface area (Å²) in [6, 6.07) is 19.1. The maximum atomic E-state index is 11.9. The van der Waals surface area contributed by atoms with Crippen LogP contribution < -0.4 is 11.1 Å². The van der Waals surface area contributed by atoms with Crippen LogP contribution in [0, 0.1) is 5.92 Å². The van der Waals surface area contributed by atoms with E-state index in [1.807, 2.05) is 67.6 Å². The highest BCUT2D eigenvalue weighted by molar-refractivity contribution is 6.27. The van der Waals surface area contributed by atoms with E-state index in [-0.39, 0.29) is 23.5 Å². The first-order valence-corrected chi connectivity index (χ1v) is 10.2. The second-order valence-electron chi connectivity index (χ2n) is 6.68.